The van der Waals surface area contributed by atoms with Crippen LogP contribution in [-0.4, -0.2) is 40.5 Å². The van der Waals surface area contributed by atoms with Crippen LogP contribution in [0.3, 0.4) is 0 Å². The van der Waals surface area contributed by atoms with E-state index in [1.54, 1.807) is 38.5 Å². The largest absolute Gasteiger partial charge is 0.481 e. The van der Waals surface area contributed by atoms with Crippen molar-refractivity contribution in [3.63, 3.8) is 0 Å². The van der Waals surface area contributed by atoms with Crippen LogP contribution in [0.5, 0.6) is 0 Å². The summed E-state index contributed by atoms with van der Waals surface area (Å²) >= 11 is 0. The number of aliphatic carboxylic acids is 1. The second-order valence-electron chi connectivity index (χ2n) is 4.08. The predicted molar refractivity (Wildman–Crippen MR) is 67.7 cm³/mol. The molecule has 0 saturated heterocycles. The molecule has 1 N–H and O–H groups in total. The fraction of sp³-hybridized carbons (Fsp3) is 0.308. The lowest BCUT2D eigenvalue weighted by Gasteiger charge is -2.17. The third-order valence-corrected chi connectivity index (χ3v) is 2.45. The fourth-order valence-electron chi connectivity index (χ4n) is 1.35. The van der Waals surface area contributed by atoms with Gasteiger partial charge in [-0.05, 0) is 17.7 Å². The monoisotopic (exact) mass is 248 g/mol. The summed E-state index contributed by atoms with van der Waals surface area (Å²) in [6.07, 6.45) is 6.35. The van der Waals surface area contributed by atoms with Gasteiger partial charge in [-0.3, -0.25) is 14.6 Å². The van der Waals surface area contributed by atoms with Crippen molar-refractivity contribution in [3.8, 4) is 0 Å². The summed E-state index contributed by atoms with van der Waals surface area (Å²) in [6.45, 7) is 1.75. The highest BCUT2D eigenvalue weighted by atomic mass is 16.4. The Balaban J connectivity index is 2.55. The molecule has 0 aliphatic rings. The number of nitrogens with zero attached hydrogens (tertiary/aromatic N) is 2. The molecule has 1 unspecified atom stereocenters. The van der Waals surface area contributed by atoms with Gasteiger partial charge in [-0.2, -0.15) is 0 Å². The SMILES string of the molecule is CC(CN(C)C(=O)C=Cc1cccnc1)C(=O)O. The van der Waals surface area contributed by atoms with Crippen molar-refractivity contribution in [2.45, 2.75) is 6.92 Å². The van der Waals surface area contributed by atoms with Gasteiger partial charge in [-0.25, -0.2) is 0 Å². The average molecular weight is 248 g/mol. The number of carboxylic acids is 1. The molecule has 0 saturated carbocycles. The van der Waals surface area contributed by atoms with Crippen LogP contribution in [0.15, 0.2) is 30.6 Å². The number of likely N-dealkylation sites (N-methyl/N-ethyl adjacent to an activating group) is 1. The van der Waals surface area contributed by atoms with E-state index in [0.29, 0.717) is 0 Å². The Bertz CT molecular complexity index is 443. The first-order valence-corrected chi connectivity index (χ1v) is 5.56. The molecule has 0 aliphatic heterocycles. The molecule has 18 heavy (non-hydrogen) atoms. The van der Waals surface area contributed by atoms with Gasteiger partial charge in [0, 0.05) is 32.1 Å². The molecule has 0 aliphatic carbocycles. The standard InChI is InChI=1S/C13H16N2O3/c1-10(13(17)18)9-15(2)12(16)6-5-11-4-3-7-14-8-11/h3-8,10H,9H2,1-2H3,(H,17,18). The highest BCUT2D eigenvalue weighted by Crippen LogP contribution is 2.02. The minimum atomic E-state index is -0.911. The molecule has 0 radical (unpaired) electrons. The van der Waals surface area contributed by atoms with Gasteiger partial charge in [0.05, 0.1) is 5.92 Å². The second kappa shape index (κ2) is 6.54. The Hall–Kier alpha value is -2.17. The van der Waals surface area contributed by atoms with Crippen LogP contribution in [0, 0.1) is 5.92 Å². The zero-order valence-electron chi connectivity index (χ0n) is 10.4. The third kappa shape index (κ3) is 4.37. The van der Waals surface area contributed by atoms with Gasteiger partial charge in [0.25, 0.3) is 0 Å². The maximum absolute atomic E-state index is 11.7. The molecular weight excluding hydrogens is 232 g/mol. The van der Waals surface area contributed by atoms with E-state index in [1.807, 2.05) is 6.07 Å². The molecule has 0 spiro atoms. The maximum atomic E-state index is 11.7. The summed E-state index contributed by atoms with van der Waals surface area (Å²) in [4.78, 5) is 27.7. The first-order chi connectivity index (χ1) is 8.50. The number of carbonyl (C=O) groups is 2. The Morgan fingerprint density at radius 1 is 1.56 bits per heavy atom. The van der Waals surface area contributed by atoms with Crippen LogP contribution >= 0.6 is 0 Å². The summed E-state index contributed by atoms with van der Waals surface area (Å²) in [6, 6.07) is 3.61. The second-order valence-corrected chi connectivity index (χ2v) is 4.08. The van der Waals surface area contributed by atoms with Gasteiger partial charge in [0.15, 0.2) is 0 Å². The minimum Gasteiger partial charge on any atom is -0.481 e. The van der Waals surface area contributed by atoms with Crippen molar-refractivity contribution in [1.82, 2.24) is 9.88 Å². The smallest absolute Gasteiger partial charge is 0.308 e. The molecule has 1 amide bonds. The van der Waals surface area contributed by atoms with Crippen molar-refractivity contribution < 1.29 is 14.7 Å². The Labute approximate surface area is 106 Å². The number of amides is 1. The molecule has 0 bridgehead atoms. The van der Waals surface area contributed by atoms with Crippen LogP contribution < -0.4 is 0 Å². The van der Waals surface area contributed by atoms with Gasteiger partial charge in [0.2, 0.25) is 5.91 Å². The summed E-state index contributed by atoms with van der Waals surface area (Å²) < 4.78 is 0. The molecule has 0 aromatic carbocycles. The Morgan fingerprint density at radius 2 is 2.28 bits per heavy atom. The summed E-state index contributed by atoms with van der Waals surface area (Å²) in [7, 11) is 1.58. The van der Waals surface area contributed by atoms with Crippen molar-refractivity contribution >= 4 is 18.0 Å². The van der Waals surface area contributed by atoms with E-state index in [4.69, 9.17) is 5.11 Å². The summed E-state index contributed by atoms with van der Waals surface area (Å²) in [5.41, 5.74) is 0.825. The lowest BCUT2D eigenvalue weighted by atomic mass is 10.2. The lowest BCUT2D eigenvalue weighted by Crippen LogP contribution is -2.32. The van der Waals surface area contributed by atoms with Crippen LogP contribution in [0.4, 0.5) is 0 Å². The van der Waals surface area contributed by atoms with Crippen LogP contribution in [0.25, 0.3) is 6.08 Å². The Kier molecular flexibility index (Phi) is 5.05. The lowest BCUT2D eigenvalue weighted by molar-refractivity contribution is -0.142. The number of hydrogen-bond donors (Lipinski definition) is 1. The van der Waals surface area contributed by atoms with E-state index >= 15 is 0 Å². The van der Waals surface area contributed by atoms with Gasteiger partial charge in [0.1, 0.15) is 0 Å². The van der Waals surface area contributed by atoms with E-state index < -0.39 is 11.9 Å². The molecule has 1 rings (SSSR count). The highest BCUT2D eigenvalue weighted by molar-refractivity contribution is 5.91. The highest BCUT2D eigenvalue weighted by Gasteiger charge is 2.15. The first-order valence-electron chi connectivity index (χ1n) is 5.56. The number of carboxylic acid groups (broad SMARTS) is 1. The topological polar surface area (TPSA) is 70.5 Å². The van der Waals surface area contributed by atoms with Gasteiger partial charge in [-0.1, -0.05) is 13.0 Å². The minimum absolute atomic E-state index is 0.186. The van der Waals surface area contributed by atoms with Crippen LogP contribution in [0.1, 0.15) is 12.5 Å². The summed E-state index contributed by atoms with van der Waals surface area (Å²) in [5.74, 6) is -1.72. The number of hydrogen-bond acceptors (Lipinski definition) is 3. The molecular formula is C13H16N2O3. The zero-order chi connectivity index (χ0) is 13.5. The third-order valence-electron chi connectivity index (χ3n) is 2.45. The molecule has 0 fully saturated rings. The molecule has 1 aromatic rings. The van der Waals surface area contributed by atoms with E-state index in [9.17, 15) is 9.59 Å². The molecule has 96 valence electrons. The average Bonchev–Trinajstić information content (AvgIpc) is 2.36. The molecule has 5 heteroatoms. The van der Waals surface area contributed by atoms with Crippen molar-refractivity contribution in [2.75, 3.05) is 13.6 Å². The van der Waals surface area contributed by atoms with Crippen LogP contribution in [0.2, 0.25) is 0 Å². The first kappa shape index (κ1) is 13.9. The predicted octanol–water partition coefficient (Wildman–Crippen LogP) is 1.27. The fourth-order valence-corrected chi connectivity index (χ4v) is 1.35. The van der Waals surface area contributed by atoms with Crippen LogP contribution in [-0.2, 0) is 9.59 Å². The number of aromatic nitrogens is 1. The van der Waals surface area contributed by atoms with E-state index in [1.165, 1.54) is 11.0 Å². The Morgan fingerprint density at radius 3 is 2.83 bits per heavy atom. The zero-order valence-corrected chi connectivity index (χ0v) is 10.4. The van der Waals surface area contributed by atoms with Gasteiger partial charge < -0.3 is 10.0 Å². The number of carbonyl (C=O) groups excluding carboxylic acids is 1. The molecule has 1 heterocycles. The van der Waals surface area contributed by atoms with Crippen molar-refractivity contribution in [1.29, 1.82) is 0 Å². The van der Waals surface area contributed by atoms with E-state index in [2.05, 4.69) is 4.98 Å². The molecule has 5 nitrogen and oxygen atoms in total. The molecule has 1 aromatic heterocycles. The van der Waals surface area contributed by atoms with E-state index in [0.717, 1.165) is 5.56 Å². The number of rotatable bonds is 5. The van der Waals surface area contributed by atoms with Crippen molar-refractivity contribution in [2.24, 2.45) is 5.92 Å². The van der Waals surface area contributed by atoms with E-state index in [-0.39, 0.29) is 12.5 Å². The van der Waals surface area contributed by atoms with Gasteiger partial charge in [-0.15, -0.1) is 0 Å². The molecule has 1 atom stereocenters. The number of pyridine rings is 1. The normalized spacial score (nSPS) is 12.3. The maximum Gasteiger partial charge on any atom is 0.308 e. The quantitative estimate of drug-likeness (QED) is 0.797. The van der Waals surface area contributed by atoms with Crippen molar-refractivity contribution in [3.05, 3.63) is 36.2 Å². The van der Waals surface area contributed by atoms with Gasteiger partial charge >= 0.3 is 5.97 Å². The summed E-state index contributed by atoms with van der Waals surface area (Å²) in [5, 5.41) is 8.76.